The molecule has 0 bridgehead atoms. The van der Waals surface area contributed by atoms with Crippen molar-refractivity contribution in [2.75, 3.05) is 0 Å². The molecule has 1 aromatic carbocycles. The van der Waals surface area contributed by atoms with Gasteiger partial charge in [0.15, 0.2) is 5.69 Å². The van der Waals surface area contributed by atoms with Crippen molar-refractivity contribution < 1.29 is 14.6 Å². The van der Waals surface area contributed by atoms with Crippen molar-refractivity contribution in [3.8, 4) is 11.6 Å². The third-order valence-electron chi connectivity index (χ3n) is 2.54. The number of nitrogens with zero attached hydrogens (tertiary/aromatic N) is 2. The van der Waals surface area contributed by atoms with Crippen LogP contribution in [-0.4, -0.2) is 21.3 Å². The van der Waals surface area contributed by atoms with Crippen LogP contribution in [0.3, 0.4) is 0 Å². The van der Waals surface area contributed by atoms with Crippen LogP contribution in [0.2, 0.25) is 0 Å². The van der Waals surface area contributed by atoms with E-state index in [1.165, 1.54) is 17.7 Å². The minimum Gasteiger partial charge on any atom is -0.476 e. The molecule has 1 heterocycles. The molecule has 2 rings (SSSR count). The zero-order valence-electron chi connectivity index (χ0n) is 10.5. The van der Waals surface area contributed by atoms with Gasteiger partial charge in [0.05, 0.1) is 0 Å². The standard InChI is InChI=1S/C14H14N2O3/c1-2-3-10-4-6-11(7-5-10)19-13-9-8-12(14(17)18)15-16-13/h4-9H,2-3H2,1H3,(H,17,18). The Kier molecular flexibility index (Phi) is 4.07. The molecule has 0 fully saturated rings. The van der Waals surface area contributed by atoms with Crippen LogP contribution in [0.15, 0.2) is 36.4 Å². The van der Waals surface area contributed by atoms with Crippen molar-refractivity contribution in [2.45, 2.75) is 19.8 Å². The Labute approximate surface area is 110 Å². The summed E-state index contributed by atoms with van der Waals surface area (Å²) >= 11 is 0. The molecule has 0 saturated carbocycles. The van der Waals surface area contributed by atoms with Gasteiger partial charge in [0.2, 0.25) is 5.88 Å². The van der Waals surface area contributed by atoms with Gasteiger partial charge in [0, 0.05) is 6.07 Å². The van der Waals surface area contributed by atoms with Crippen LogP contribution in [0, 0.1) is 0 Å². The van der Waals surface area contributed by atoms with Crippen molar-refractivity contribution >= 4 is 5.97 Å². The fourth-order valence-electron chi connectivity index (χ4n) is 1.62. The summed E-state index contributed by atoms with van der Waals surface area (Å²) < 4.78 is 5.48. The van der Waals surface area contributed by atoms with E-state index in [9.17, 15) is 4.79 Å². The van der Waals surface area contributed by atoms with E-state index in [0.29, 0.717) is 5.75 Å². The number of hydrogen-bond donors (Lipinski definition) is 1. The van der Waals surface area contributed by atoms with E-state index in [0.717, 1.165) is 12.8 Å². The fraction of sp³-hybridized carbons (Fsp3) is 0.214. The Bertz CT molecular complexity index is 550. The highest BCUT2D eigenvalue weighted by Crippen LogP contribution is 2.19. The number of aromatic carboxylic acids is 1. The molecule has 0 spiro atoms. The van der Waals surface area contributed by atoms with Crippen LogP contribution in [0.25, 0.3) is 0 Å². The Morgan fingerprint density at radius 2 is 1.89 bits per heavy atom. The van der Waals surface area contributed by atoms with Gasteiger partial charge < -0.3 is 9.84 Å². The highest BCUT2D eigenvalue weighted by Gasteiger charge is 2.06. The first-order valence-electron chi connectivity index (χ1n) is 6.03. The number of aryl methyl sites for hydroxylation is 1. The highest BCUT2D eigenvalue weighted by molar-refractivity contribution is 5.84. The molecule has 98 valence electrons. The summed E-state index contributed by atoms with van der Waals surface area (Å²) in [6, 6.07) is 10.6. The zero-order chi connectivity index (χ0) is 13.7. The lowest BCUT2D eigenvalue weighted by atomic mass is 10.1. The number of carbonyl (C=O) groups is 1. The van der Waals surface area contributed by atoms with Gasteiger partial charge >= 0.3 is 5.97 Å². The molecule has 2 aromatic rings. The molecule has 0 unspecified atom stereocenters. The van der Waals surface area contributed by atoms with E-state index >= 15 is 0 Å². The molecule has 0 radical (unpaired) electrons. The van der Waals surface area contributed by atoms with Crippen molar-refractivity contribution in [2.24, 2.45) is 0 Å². The number of ether oxygens (including phenoxy) is 1. The Hall–Kier alpha value is -2.43. The lowest BCUT2D eigenvalue weighted by Crippen LogP contribution is -2.02. The molecule has 0 aliphatic carbocycles. The van der Waals surface area contributed by atoms with Gasteiger partial charge in [0.25, 0.3) is 0 Å². The highest BCUT2D eigenvalue weighted by atomic mass is 16.5. The van der Waals surface area contributed by atoms with Crippen LogP contribution < -0.4 is 4.74 Å². The van der Waals surface area contributed by atoms with Crippen LogP contribution in [0.5, 0.6) is 11.6 Å². The molecule has 0 saturated heterocycles. The average molecular weight is 258 g/mol. The van der Waals surface area contributed by atoms with Crippen molar-refractivity contribution in [1.82, 2.24) is 10.2 Å². The van der Waals surface area contributed by atoms with Gasteiger partial charge in [-0.15, -0.1) is 10.2 Å². The summed E-state index contributed by atoms with van der Waals surface area (Å²) in [5, 5.41) is 16.0. The van der Waals surface area contributed by atoms with Crippen LogP contribution in [0.4, 0.5) is 0 Å². The first-order valence-corrected chi connectivity index (χ1v) is 6.03. The Morgan fingerprint density at radius 3 is 2.42 bits per heavy atom. The normalized spacial score (nSPS) is 10.2. The van der Waals surface area contributed by atoms with Crippen molar-refractivity contribution in [1.29, 1.82) is 0 Å². The Morgan fingerprint density at radius 1 is 1.16 bits per heavy atom. The van der Waals surface area contributed by atoms with E-state index in [1.54, 1.807) is 0 Å². The quantitative estimate of drug-likeness (QED) is 0.892. The molecule has 1 aromatic heterocycles. The third kappa shape index (κ3) is 3.51. The number of carboxylic acid groups (broad SMARTS) is 1. The summed E-state index contributed by atoms with van der Waals surface area (Å²) in [7, 11) is 0. The van der Waals surface area contributed by atoms with Crippen molar-refractivity contribution in [3.05, 3.63) is 47.7 Å². The largest absolute Gasteiger partial charge is 0.476 e. The molecule has 0 atom stereocenters. The number of carboxylic acids is 1. The number of hydrogen-bond acceptors (Lipinski definition) is 4. The summed E-state index contributed by atoms with van der Waals surface area (Å²) in [6.45, 7) is 2.13. The van der Waals surface area contributed by atoms with Gasteiger partial charge in [-0.1, -0.05) is 25.5 Å². The third-order valence-corrected chi connectivity index (χ3v) is 2.54. The number of benzene rings is 1. The van der Waals surface area contributed by atoms with E-state index in [-0.39, 0.29) is 11.6 Å². The minimum atomic E-state index is -1.11. The van der Waals surface area contributed by atoms with Gasteiger partial charge in [-0.2, -0.15) is 0 Å². The Balaban J connectivity index is 2.06. The summed E-state index contributed by atoms with van der Waals surface area (Å²) in [5.41, 5.74) is 1.15. The molecule has 5 nitrogen and oxygen atoms in total. The number of aromatic nitrogens is 2. The maximum atomic E-state index is 10.6. The summed E-state index contributed by atoms with van der Waals surface area (Å²) in [4.78, 5) is 10.6. The minimum absolute atomic E-state index is 0.106. The molecule has 0 aliphatic heterocycles. The molecular formula is C14H14N2O3. The average Bonchev–Trinajstić information content (AvgIpc) is 2.42. The van der Waals surface area contributed by atoms with E-state index in [4.69, 9.17) is 9.84 Å². The second-order valence-corrected chi connectivity index (χ2v) is 4.06. The molecule has 5 heteroatoms. The molecular weight excluding hydrogens is 244 g/mol. The van der Waals surface area contributed by atoms with E-state index < -0.39 is 5.97 Å². The topological polar surface area (TPSA) is 72.3 Å². The van der Waals surface area contributed by atoms with Crippen molar-refractivity contribution in [3.63, 3.8) is 0 Å². The van der Waals surface area contributed by atoms with Gasteiger partial charge in [-0.05, 0) is 30.2 Å². The molecule has 19 heavy (non-hydrogen) atoms. The summed E-state index contributed by atoms with van der Waals surface area (Å²) in [5.74, 6) is -0.187. The molecule has 1 N–H and O–H groups in total. The van der Waals surface area contributed by atoms with E-state index in [2.05, 4.69) is 17.1 Å². The maximum Gasteiger partial charge on any atom is 0.356 e. The molecule has 0 amide bonds. The second kappa shape index (κ2) is 5.95. The second-order valence-electron chi connectivity index (χ2n) is 4.06. The van der Waals surface area contributed by atoms with Crippen LogP contribution in [0.1, 0.15) is 29.4 Å². The SMILES string of the molecule is CCCc1ccc(Oc2ccc(C(=O)O)nn2)cc1. The van der Waals surface area contributed by atoms with Gasteiger partial charge in [0.1, 0.15) is 5.75 Å². The van der Waals surface area contributed by atoms with Crippen LogP contribution in [-0.2, 0) is 6.42 Å². The van der Waals surface area contributed by atoms with Crippen LogP contribution >= 0.6 is 0 Å². The molecule has 0 aliphatic rings. The zero-order valence-corrected chi connectivity index (χ0v) is 10.5. The maximum absolute atomic E-state index is 10.6. The lowest BCUT2D eigenvalue weighted by Gasteiger charge is -2.05. The first kappa shape index (κ1) is 13.0. The van der Waals surface area contributed by atoms with E-state index in [1.807, 2.05) is 24.3 Å². The first-order chi connectivity index (χ1) is 9.19. The summed E-state index contributed by atoms with van der Waals surface area (Å²) in [6.07, 6.45) is 2.13. The van der Waals surface area contributed by atoms with Gasteiger partial charge in [-0.3, -0.25) is 0 Å². The predicted octanol–water partition coefficient (Wildman–Crippen LogP) is 2.92. The van der Waals surface area contributed by atoms with Gasteiger partial charge in [-0.25, -0.2) is 4.79 Å². The smallest absolute Gasteiger partial charge is 0.356 e. The lowest BCUT2D eigenvalue weighted by molar-refractivity contribution is 0.0689. The predicted molar refractivity (Wildman–Crippen MR) is 69.5 cm³/mol. The fourth-order valence-corrected chi connectivity index (χ4v) is 1.62. The number of rotatable bonds is 5. The monoisotopic (exact) mass is 258 g/mol.